The largest absolute Gasteiger partial charge is 0.493 e. The highest BCUT2D eigenvalue weighted by Crippen LogP contribution is 2.28. The van der Waals surface area contributed by atoms with Crippen molar-refractivity contribution in [3.8, 4) is 11.5 Å². The van der Waals surface area contributed by atoms with Crippen molar-refractivity contribution in [2.45, 2.75) is 12.8 Å². The number of hydrogen-bond acceptors (Lipinski definition) is 5. The molecular weight excluding hydrogens is 364 g/mol. The molecule has 0 aliphatic heterocycles. The summed E-state index contributed by atoms with van der Waals surface area (Å²) < 4.78 is 10.3. The highest BCUT2D eigenvalue weighted by Gasteiger charge is 2.16. The van der Waals surface area contributed by atoms with E-state index in [0.717, 1.165) is 0 Å². The van der Waals surface area contributed by atoms with Gasteiger partial charge in [0.25, 0.3) is 5.91 Å². The molecule has 0 radical (unpaired) electrons. The van der Waals surface area contributed by atoms with Gasteiger partial charge in [0.2, 0.25) is 5.91 Å². The minimum atomic E-state index is -1.10. The van der Waals surface area contributed by atoms with Gasteiger partial charge in [-0.25, -0.2) is 0 Å². The molecular formula is C20H22N2O6. The van der Waals surface area contributed by atoms with E-state index < -0.39 is 18.4 Å². The van der Waals surface area contributed by atoms with Crippen molar-refractivity contribution in [2.75, 3.05) is 26.1 Å². The Morgan fingerprint density at radius 1 is 1.00 bits per heavy atom. The number of carbonyl (C=O) groups is 3. The number of carboxylic acid groups (broad SMARTS) is 1. The molecule has 0 spiro atoms. The Bertz CT molecular complexity index is 863. The Balaban J connectivity index is 2.04. The van der Waals surface area contributed by atoms with Crippen LogP contribution in [0.15, 0.2) is 42.5 Å². The summed E-state index contributed by atoms with van der Waals surface area (Å²) in [6.45, 7) is 1.25. The minimum absolute atomic E-state index is 0.319. The summed E-state index contributed by atoms with van der Waals surface area (Å²) in [5.41, 5.74) is 1.66. The highest BCUT2D eigenvalue weighted by molar-refractivity contribution is 6.04. The Morgan fingerprint density at radius 3 is 2.21 bits per heavy atom. The number of carboxylic acids is 1. The van der Waals surface area contributed by atoms with E-state index in [1.807, 2.05) is 0 Å². The average Bonchev–Trinajstić information content (AvgIpc) is 2.71. The van der Waals surface area contributed by atoms with Gasteiger partial charge in [0.05, 0.1) is 20.1 Å². The van der Waals surface area contributed by atoms with Crippen LogP contribution in [0, 0.1) is 0 Å². The Labute approximate surface area is 162 Å². The maximum absolute atomic E-state index is 12.4. The SMILES string of the molecule is COc1ccc(C(=O)Nc2ccc(C(C)C(=O)NCC(=O)O)cc2)cc1OC. The molecule has 8 nitrogen and oxygen atoms in total. The summed E-state index contributed by atoms with van der Waals surface area (Å²) in [5.74, 6) is -1.35. The number of carbonyl (C=O) groups excluding carboxylic acids is 2. The second-order valence-corrected chi connectivity index (χ2v) is 5.98. The summed E-state index contributed by atoms with van der Waals surface area (Å²) in [4.78, 5) is 34.9. The van der Waals surface area contributed by atoms with Crippen LogP contribution in [0.4, 0.5) is 5.69 Å². The Morgan fingerprint density at radius 2 is 1.64 bits per heavy atom. The van der Waals surface area contributed by atoms with Crippen molar-refractivity contribution >= 4 is 23.5 Å². The maximum Gasteiger partial charge on any atom is 0.322 e. The van der Waals surface area contributed by atoms with Gasteiger partial charge in [0.15, 0.2) is 11.5 Å². The Hall–Kier alpha value is -3.55. The molecule has 2 rings (SSSR count). The molecule has 0 aliphatic carbocycles. The first-order chi connectivity index (χ1) is 13.3. The molecule has 1 unspecified atom stereocenters. The van der Waals surface area contributed by atoms with Crippen LogP contribution in [0.2, 0.25) is 0 Å². The number of aliphatic carboxylic acids is 1. The third-order valence-electron chi connectivity index (χ3n) is 4.12. The van der Waals surface area contributed by atoms with Crippen LogP contribution in [0.25, 0.3) is 0 Å². The van der Waals surface area contributed by atoms with Crippen LogP contribution in [-0.4, -0.2) is 43.7 Å². The van der Waals surface area contributed by atoms with Crippen molar-refractivity contribution in [3.05, 3.63) is 53.6 Å². The van der Waals surface area contributed by atoms with Crippen LogP contribution < -0.4 is 20.1 Å². The van der Waals surface area contributed by atoms with Gasteiger partial charge in [0.1, 0.15) is 6.54 Å². The molecule has 148 valence electrons. The third-order valence-corrected chi connectivity index (χ3v) is 4.12. The van der Waals surface area contributed by atoms with Crippen molar-refractivity contribution in [3.63, 3.8) is 0 Å². The third kappa shape index (κ3) is 5.23. The molecule has 0 bridgehead atoms. The lowest BCUT2D eigenvalue weighted by Gasteiger charge is -2.13. The van der Waals surface area contributed by atoms with Crippen molar-refractivity contribution < 1.29 is 29.0 Å². The molecule has 28 heavy (non-hydrogen) atoms. The van der Waals surface area contributed by atoms with E-state index in [1.54, 1.807) is 49.4 Å². The minimum Gasteiger partial charge on any atom is -0.493 e. The zero-order chi connectivity index (χ0) is 20.7. The number of hydrogen-bond donors (Lipinski definition) is 3. The number of anilines is 1. The van der Waals surface area contributed by atoms with Gasteiger partial charge < -0.3 is 25.2 Å². The van der Waals surface area contributed by atoms with E-state index in [0.29, 0.717) is 28.3 Å². The molecule has 0 saturated carbocycles. The number of methoxy groups -OCH3 is 2. The maximum atomic E-state index is 12.4. The predicted molar refractivity (Wildman–Crippen MR) is 103 cm³/mol. The number of nitrogens with one attached hydrogen (secondary N) is 2. The van der Waals surface area contributed by atoms with E-state index in [9.17, 15) is 14.4 Å². The molecule has 1 atom stereocenters. The van der Waals surface area contributed by atoms with Gasteiger partial charge in [-0.15, -0.1) is 0 Å². The van der Waals surface area contributed by atoms with Gasteiger partial charge in [-0.05, 0) is 42.8 Å². The molecule has 2 amide bonds. The second-order valence-electron chi connectivity index (χ2n) is 5.98. The van der Waals surface area contributed by atoms with E-state index in [2.05, 4.69) is 10.6 Å². The van der Waals surface area contributed by atoms with Gasteiger partial charge in [-0.3, -0.25) is 14.4 Å². The highest BCUT2D eigenvalue weighted by atomic mass is 16.5. The first-order valence-corrected chi connectivity index (χ1v) is 8.48. The van der Waals surface area contributed by atoms with Crippen LogP contribution >= 0.6 is 0 Å². The van der Waals surface area contributed by atoms with Crippen LogP contribution in [-0.2, 0) is 9.59 Å². The predicted octanol–water partition coefficient (Wildman–Crippen LogP) is 2.26. The molecule has 0 heterocycles. The second kappa shape index (κ2) is 9.40. The van der Waals surface area contributed by atoms with Gasteiger partial charge in [-0.2, -0.15) is 0 Å². The fourth-order valence-electron chi connectivity index (χ4n) is 2.50. The summed E-state index contributed by atoms with van der Waals surface area (Å²) in [5, 5.41) is 13.7. The van der Waals surface area contributed by atoms with E-state index in [-0.39, 0.29) is 11.8 Å². The molecule has 0 saturated heterocycles. The van der Waals surface area contributed by atoms with Crippen LogP contribution in [0.3, 0.4) is 0 Å². The lowest BCUT2D eigenvalue weighted by atomic mass is 10.00. The van der Waals surface area contributed by atoms with Crippen molar-refractivity contribution in [1.82, 2.24) is 5.32 Å². The lowest BCUT2D eigenvalue weighted by Crippen LogP contribution is -2.32. The normalized spacial score (nSPS) is 11.2. The summed E-state index contributed by atoms with van der Waals surface area (Å²) >= 11 is 0. The quantitative estimate of drug-likeness (QED) is 0.641. The van der Waals surface area contributed by atoms with Crippen LogP contribution in [0.1, 0.15) is 28.8 Å². The number of amides is 2. The molecule has 3 N–H and O–H groups in total. The molecule has 8 heteroatoms. The van der Waals surface area contributed by atoms with Gasteiger partial charge >= 0.3 is 5.97 Å². The zero-order valence-electron chi connectivity index (χ0n) is 15.8. The van der Waals surface area contributed by atoms with E-state index in [1.165, 1.54) is 14.2 Å². The summed E-state index contributed by atoms with van der Waals surface area (Å²) in [7, 11) is 3.01. The Kier molecular flexibility index (Phi) is 6.97. The average molecular weight is 386 g/mol. The molecule has 0 aliphatic rings. The lowest BCUT2D eigenvalue weighted by molar-refractivity contribution is -0.138. The van der Waals surface area contributed by atoms with E-state index in [4.69, 9.17) is 14.6 Å². The van der Waals surface area contributed by atoms with E-state index >= 15 is 0 Å². The summed E-state index contributed by atoms with van der Waals surface area (Å²) in [6, 6.07) is 11.6. The molecule has 2 aromatic rings. The fraction of sp³-hybridized carbons (Fsp3) is 0.250. The monoisotopic (exact) mass is 386 g/mol. The smallest absolute Gasteiger partial charge is 0.322 e. The molecule has 0 aromatic heterocycles. The first kappa shape index (κ1) is 20.8. The van der Waals surface area contributed by atoms with Crippen molar-refractivity contribution in [2.24, 2.45) is 0 Å². The standard InChI is InChI=1S/C20H22N2O6/c1-12(19(25)21-11-18(23)24)13-4-7-15(8-5-13)22-20(26)14-6-9-16(27-2)17(10-14)28-3/h4-10,12H,11H2,1-3H3,(H,21,25)(H,22,26)(H,23,24). The number of rotatable bonds is 8. The number of benzene rings is 2. The molecule has 2 aromatic carbocycles. The number of ether oxygens (including phenoxy) is 2. The summed E-state index contributed by atoms with van der Waals surface area (Å²) in [6.07, 6.45) is 0. The zero-order valence-corrected chi connectivity index (χ0v) is 15.8. The van der Waals surface area contributed by atoms with Gasteiger partial charge in [0, 0.05) is 11.3 Å². The first-order valence-electron chi connectivity index (χ1n) is 8.48. The molecule has 0 fully saturated rings. The van der Waals surface area contributed by atoms with Crippen molar-refractivity contribution in [1.29, 1.82) is 0 Å². The topological polar surface area (TPSA) is 114 Å². The fourth-order valence-corrected chi connectivity index (χ4v) is 2.50. The van der Waals surface area contributed by atoms with Gasteiger partial charge in [-0.1, -0.05) is 12.1 Å². The van der Waals surface area contributed by atoms with Crippen LogP contribution in [0.5, 0.6) is 11.5 Å².